The van der Waals surface area contributed by atoms with Gasteiger partial charge in [0, 0.05) is 23.9 Å². The molecule has 19 heavy (non-hydrogen) atoms. The highest BCUT2D eigenvalue weighted by molar-refractivity contribution is 7.98. The van der Waals surface area contributed by atoms with Crippen molar-refractivity contribution in [1.29, 1.82) is 0 Å². The van der Waals surface area contributed by atoms with Gasteiger partial charge in [0.2, 0.25) is 0 Å². The van der Waals surface area contributed by atoms with Crippen LogP contribution in [0.5, 0.6) is 11.5 Å². The minimum atomic E-state index is -0.616. The standard InChI is InChI=1S/C14H23NO3S/c1-10(9-19-4)15-8-13(16)12-7-11(17-2)5-6-14(12)18-3/h5-7,10,13,15-16H,8-9H2,1-4H3. The maximum atomic E-state index is 10.3. The Kier molecular flexibility index (Phi) is 7.05. The zero-order valence-corrected chi connectivity index (χ0v) is 12.8. The minimum absolute atomic E-state index is 0.362. The lowest BCUT2D eigenvalue weighted by Gasteiger charge is -2.19. The molecule has 4 nitrogen and oxygen atoms in total. The summed E-state index contributed by atoms with van der Waals surface area (Å²) < 4.78 is 10.5. The number of hydrogen-bond acceptors (Lipinski definition) is 5. The highest BCUT2D eigenvalue weighted by atomic mass is 32.2. The van der Waals surface area contributed by atoms with Crippen molar-refractivity contribution >= 4 is 11.8 Å². The lowest BCUT2D eigenvalue weighted by atomic mass is 10.1. The first kappa shape index (κ1) is 16.1. The van der Waals surface area contributed by atoms with Gasteiger partial charge in [0.25, 0.3) is 0 Å². The Bertz CT molecular complexity index is 387. The van der Waals surface area contributed by atoms with Crippen molar-refractivity contribution in [3.8, 4) is 11.5 Å². The molecule has 2 unspecified atom stereocenters. The molecule has 0 heterocycles. The summed E-state index contributed by atoms with van der Waals surface area (Å²) in [6.45, 7) is 2.59. The number of thioether (sulfide) groups is 1. The van der Waals surface area contributed by atoms with Gasteiger partial charge in [0.05, 0.1) is 20.3 Å². The molecule has 0 aliphatic heterocycles. The van der Waals surface area contributed by atoms with Crippen LogP contribution in [0, 0.1) is 0 Å². The second-order valence-electron chi connectivity index (χ2n) is 4.39. The van der Waals surface area contributed by atoms with Gasteiger partial charge in [0.15, 0.2) is 0 Å². The maximum absolute atomic E-state index is 10.3. The van der Waals surface area contributed by atoms with Gasteiger partial charge in [-0.25, -0.2) is 0 Å². The van der Waals surface area contributed by atoms with Crippen molar-refractivity contribution in [1.82, 2.24) is 5.32 Å². The predicted octanol–water partition coefficient (Wildman–Crippen LogP) is 2.08. The summed E-state index contributed by atoms with van der Waals surface area (Å²) in [5.74, 6) is 2.40. The van der Waals surface area contributed by atoms with E-state index in [1.165, 1.54) is 0 Å². The quantitative estimate of drug-likeness (QED) is 0.766. The van der Waals surface area contributed by atoms with Gasteiger partial charge in [-0.05, 0) is 31.4 Å². The van der Waals surface area contributed by atoms with Crippen LogP contribution in [0.1, 0.15) is 18.6 Å². The van der Waals surface area contributed by atoms with E-state index in [1.54, 1.807) is 26.0 Å². The average Bonchev–Trinajstić information content (AvgIpc) is 2.44. The zero-order valence-electron chi connectivity index (χ0n) is 12.0. The highest BCUT2D eigenvalue weighted by Gasteiger charge is 2.15. The predicted molar refractivity (Wildman–Crippen MR) is 80.4 cm³/mol. The zero-order chi connectivity index (χ0) is 14.3. The molecule has 0 radical (unpaired) electrons. The Labute approximate surface area is 119 Å². The lowest BCUT2D eigenvalue weighted by Crippen LogP contribution is -2.32. The molecule has 0 saturated carbocycles. The molecule has 0 bridgehead atoms. The Morgan fingerprint density at radius 3 is 2.63 bits per heavy atom. The van der Waals surface area contributed by atoms with E-state index in [0.717, 1.165) is 11.3 Å². The lowest BCUT2D eigenvalue weighted by molar-refractivity contribution is 0.167. The first-order valence-electron chi connectivity index (χ1n) is 6.24. The largest absolute Gasteiger partial charge is 0.497 e. The van der Waals surface area contributed by atoms with Crippen molar-refractivity contribution < 1.29 is 14.6 Å². The topological polar surface area (TPSA) is 50.7 Å². The van der Waals surface area contributed by atoms with E-state index in [2.05, 4.69) is 18.5 Å². The van der Waals surface area contributed by atoms with E-state index in [0.29, 0.717) is 24.1 Å². The molecular weight excluding hydrogens is 262 g/mol. The molecule has 2 atom stereocenters. The summed E-state index contributed by atoms with van der Waals surface area (Å²) in [6.07, 6.45) is 1.45. The Morgan fingerprint density at radius 1 is 1.32 bits per heavy atom. The summed E-state index contributed by atoms with van der Waals surface area (Å²) in [4.78, 5) is 0. The first-order chi connectivity index (χ1) is 9.12. The fraction of sp³-hybridized carbons (Fsp3) is 0.571. The van der Waals surface area contributed by atoms with Crippen molar-refractivity contribution in [2.45, 2.75) is 19.1 Å². The third-order valence-electron chi connectivity index (χ3n) is 2.87. The van der Waals surface area contributed by atoms with Crippen LogP contribution in [0.4, 0.5) is 0 Å². The third kappa shape index (κ3) is 4.93. The van der Waals surface area contributed by atoms with E-state index in [4.69, 9.17) is 9.47 Å². The molecular formula is C14H23NO3S. The normalized spacial score (nSPS) is 13.9. The fourth-order valence-electron chi connectivity index (χ4n) is 1.83. The van der Waals surface area contributed by atoms with Crippen LogP contribution in [-0.4, -0.2) is 43.9 Å². The first-order valence-corrected chi connectivity index (χ1v) is 7.64. The van der Waals surface area contributed by atoms with Crippen LogP contribution >= 0.6 is 11.8 Å². The number of aliphatic hydroxyl groups excluding tert-OH is 1. The number of benzene rings is 1. The van der Waals surface area contributed by atoms with E-state index in [-0.39, 0.29) is 0 Å². The molecule has 0 saturated heterocycles. The van der Waals surface area contributed by atoms with Crippen molar-refractivity contribution in [2.75, 3.05) is 32.8 Å². The highest BCUT2D eigenvalue weighted by Crippen LogP contribution is 2.29. The average molecular weight is 285 g/mol. The molecule has 1 aromatic carbocycles. The maximum Gasteiger partial charge on any atom is 0.124 e. The smallest absolute Gasteiger partial charge is 0.124 e. The second kappa shape index (κ2) is 8.30. The Balaban J connectivity index is 2.71. The molecule has 0 amide bonds. The number of hydrogen-bond donors (Lipinski definition) is 2. The number of methoxy groups -OCH3 is 2. The minimum Gasteiger partial charge on any atom is -0.497 e. The molecule has 0 fully saturated rings. The van der Waals surface area contributed by atoms with E-state index in [9.17, 15) is 5.11 Å². The summed E-state index contributed by atoms with van der Waals surface area (Å²) in [6, 6.07) is 5.80. The van der Waals surface area contributed by atoms with Crippen LogP contribution in [0.25, 0.3) is 0 Å². The summed E-state index contributed by atoms with van der Waals surface area (Å²) in [5.41, 5.74) is 0.741. The van der Waals surface area contributed by atoms with Gasteiger partial charge in [0.1, 0.15) is 11.5 Å². The van der Waals surface area contributed by atoms with E-state index in [1.807, 2.05) is 18.2 Å². The molecule has 2 N–H and O–H groups in total. The molecule has 1 rings (SSSR count). The fourth-order valence-corrected chi connectivity index (χ4v) is 2.45. The Morgan fingerprint density at radius 2 is 2.05 bits per heavy atom. The van der Waals surface area contributed by atoms with Crippen LogP contribution in [0.3, 0.4) is 0 Å². The van der Waals surface area contributed by atoms with Gasteiger partial charge >= 0.3 is 0 Å². The summed E-state index contributed by atoms with van der Waals surface area (Å²) in [5, 5.41) is 13.6. The molecule has 1 aromatic rings. The van der Waals surface area contributed by atoms with Crippen molar-refractivity contribution in [3.63, 3.8) is 0 Å². The monoisotopic (exact) mass is 285 g/mol. The van der Waals surface area contributed by atoms with Gasteiger partial charge < -0.3 is 19.9 Å². The van der Waals surface area contributed by atoms with Gasteiger partial charge in [-0.15, -0.1) is 0 Å². The summed E-state index contributed by atoms with van der Waals surface area (Å²) in [7, 11) is 3.21. The van der Waals surface area contributed by atoms with Crippen LogP contribution in [0.15, 0.2) is 18.2 Å². The number of aliphatic hydroxyl groups is 1. The molecule has 0 aromatic heterocycles. The molecule has 0 spiro atoms. The number of rotatable bonds is 8. The molecule has 0 aliphatic rings. The van der Waals surface area contributed by atoms with Gasteiger partial charge in [-0.3, -0.25) is 0 Å². The van der Waals surface area contributed by atoms with Crippen molar-refractivity contribution in [2.24, 2.45) is 0 Å². The van der Waals surface area contributed by atoms with E-state index >= 15 is 0 Å². The van der Waals surface area contributed by atoms with Crippen LogP contribution < -0.4 is 14.8 Å². The van der Waals surface area contributed by atoms with Gasteiger partial charge in [-0.2, -0.15) is 11.8 Å². The SMILES string of the molecule is COc1ccc(OC)c(C(O)CNC(C)CSC)c1. The van der Waals surface area contributed by atoms with E-state index < -0.39 is 6.10 Å². The Hall–Kier alpha value is -0.910. The van der Waals surface area contributed by atoms with Crippen LogP contribution in [-0.2, 0) is 0 Å². The number of ether oxygens (including phenoxy) is 2. The second-order valence-corrected chi connectivity index (χ2v) is 5.30. The molecule has 0 aliphatic carbocycles. The van der Waals surface area contributed by atoms with Crippen LogP contribution in [0.2, 0.25) is 0 Å². The van der Waals surface area contributed by atoms with Gasteiger partial charge in [-0.1, -0.05) is 0 Å². The summed E-state index contributed by atoms with van der Waals surface area (Å²) >= 11 is 1.78. The molecule has 108 valence electrons. The van der Waals surface area contributed by atoms with Crippen molar-refractivity contribution in [3.05, 3.63) is 23.8 Å². The molecule has 5 heteroatoms. The number of nitrogens with one attached hydrogen (secondary N) is 1. The third-order valence-corrected chi connectivity index (χ3v) is 3.71.